The summed E-state index contributed by atoms with van der Waals surface area (Å²) in [6.45, 7) is 0. The van der Waals surface area contributed by atoms with Crippen molar-refractivity contribution >= 4 is 56.2 Å². The minimum Gasteiger partial charge on any atom is -0.397 e. The van der Waals surface area contributed by atoms with Crippen molar-refractivity contribution in [3.05, 3.63) is 50.9 Å². The van der Waals surface area contributed by atoms with Gasteiger partial charge in [0.25, 0.3) is 0 Å². The van der Waals surface area contributed by atoms with E-state index in [2.05, 4.69) is 21.2 Å². The number of nitrogens with two attached hydrogens (primary N) is 1. The van der Waals surface area contributed by atoms with E-state index < -0.39 is 0 Å². The molecule has 0 unspecified atom stereocenters. The molecule has 0 saturated heterocycles. The summed E-state index contributed by atoms with van der Waals surface area (Å²) in [6, 6.07) is 10.8. The molecule has 3 N–H and O–H groups in total. The van der Waals surface area contributed by atoms with E-state index in [0.29, 0.717) is 21.4 Å². The van der Waals surface area contributed by atoms with Crippen molar-refractivity contribution in [3.8, 4) is 0 Å². The van der Waals surface area contributed by atoms with E-state index >= 15 is 0 Å². The van der Waals surface area contributed by atoms with Crippen molar-refractivity contribution in [2.24, 2.45) is 0 Å². The Labute approximate surface area is 118 Å². The van der Waals surface area contributed by atoms with Crippen molar-refractivity contribution in [1.29, 1.82) is 0 Å². The first-order valence-electron chi connectivity index (χ1n) is 4.84. The normalized spacial score (nSPS) is 10.3. The van der Waals surface area contributed by atoms with Gasteiger partial charge in [0, 0.05) is 9.50 Å². The molecule has 2 aromatic carbocycles. The average Bonchev–Trinajstić information content (AvgIpc) is 2.28. The van der Waals surface area contributed by atoms with Gasteiger partial charge in [0.15, 0.2) is 0 Å². The predicted octanol–water partition coefficient (Wildman–Crippen LogP) is 5.08. The molecule has 0 amide bonds. The third-order valence-corrected chi connectivity index (χ3v) is 3.48. The average molecular weight is 332 g/mol. The molecule has 0 heterocycles. The molecule has 0 aromatic heterocycles. The highest BCUT2D eigenvalue weighted by atomic mass is 79.9. The highest BCUT2D eigenvalue weighted by Crippen LogP contribution is 2.34. The SMILES string of the molecule is Nc1cccc(Cl)c1Nc1cc(Cl)ccc1Br. The van der Waals surface area contributed by atoms with Gasteiger partial charge >= 0.3 is 0 Å². The molecule has 2 nitrogen and oxygen atoms in total. The lowest BCUT2D eigenvalue weighted by Gasteiger charge is -2.12. The molecule has 88 valence electrons. The van der Waals surface area contributed by atoms with E-state index in [1.807, 2.05) is 6.07 Å². The first kappa shape index (κ1) is 12.6. The molecule has 0 aliphatic rings. The van der Waals surface area contributed by atoms with Crippen LogP contribution < -0.4 is 11.1 Å². The lowest BCUT2D eigenvalue weighted by atomic mass is 10.2. The second-order valence-electron chi connectivity index (χ2n) is 3.45. The minimum atomic E-state index is 0.567. The Morgan fingerprint density at radius 2 is 1.88 bits per heavy atom. The zero-order valence-electron chi connectivity index (χ0n) is 8.68. The van der Waals surface area contributed by atoms with Crippen LogP contribution in [0.5, 0.6) is 0 Å². The molecule has 0 fully saturated rings. The zero-order chi connectivity index (χ0) is 12.4. The summed E-state index contributed by atoms with van der Waals surface area (Å²) >= 11 is 15.5. The number of halogens is 3. The Morgan fingerprint density at radius 1 is 1.12 bits per heavy atom. The summed E-state index contributed by atoms with van der Waals surface area (Å²) < 4.78 is 0.890. The Kier molecular flexibility index (Phi) is 3.82. The van der Waals surface area contributed by atoms with Gasteiger partial charge in [-0.15, -0.1) is 0 Å². The van der Waals surface area contributed by atoms with Gasteiger partial charge in [-0.25, -0.2) is 0 Å². The van der Waals surface area contributed by atoms with Crippen LogP contribution in [0.4, 0.5) is 17.1 Å². The van der Waals surface area contributed by atoms with Gasteiger partial charge in [-0.05, 0) is 46.3 Å². The highest BCUT2D eigenvalue weighted by Gasteiger charge is 2.07. The third-order valence-electron chi connectivity index (χ3n) is 2.23. The van der Waals surface area contributed by atoms with Crippen LogP contribution in [0, 0.1) is 0 Å². The van der Waals surface area contributed by atoms with Crippen molar-refractivity contribution in [1.82, 2.24) is 0 Å². The fraction of sp³-hybridized carbons (Fsp3) is 0. The summed E-state index contributed by atoms with van der Waals surface area (Å²) in [6.07, 6.45) is 0. The van der Waals surface area contributed by atoms with E-state index in [1.54, 1.807) is 30.3 Å². The Morgan fingerprint density at radius 3 is 2.59 bits per heavy atom. The largest absolute Gasteiger partial charge is 0.397 e. The lowest BCUT2D eigenvalue weighted by molar-refractivity contribution is 1.52. The van der Waals surface area contributed by atoms with E-state index in [9.17, 15) is 0 Å². The maximum absolute atomic E-state index is 6.08. The number of benzene rings is 2. The molecular weight excluding hydrogens is 323 g/mol. The van der Waals surface area contributed by atoms with Gasteiger partial charge in [-0.1, -0.05) is 29.3 Å². The molecular formula is C12H9BrCl2N2. The number of nitrogen functional groups attached to an aromatic ring is 1. The van der Waals surface area contributed by atoms with Crippen LogP contribution in [-0.2, 0) is 0 Å². The number of anilines is 3. The van der Waals surface area contributed by atoms with Gasteiger partial charge in [-0.3, -0.25) is 0 Å². The third kappa shape index (κ3) is 2.86. The minimum absolute atomic E-state index is 0.567. The second kappa shape index (κ2) is 5.17. The van der Waals surface area contributed by atoms with Gasteiger partial charge < -0.3 is 11.1 Å². The number of para-hydroxylation sites is 1. The van der Waals surface area contributed by atoms with E-state index in [4.69, 9.17) is 28.9 Å². The van der Waals surface area contributed by atoms with Crippen LogP contribution in [0.25, 0.3) is 0 Å². The van der Waals surface area contributed by atoms with Crippen molar-refractivity contribution in [2.75, 3.05) is 11.1 Å². The van der Waals surface area contributed by atoms with Crippen LogP contribution in [0.2, 0.25) is 10.0 Å². The summed E-state index contributed by atoms with van der Waals surface area (Å²) in [5.41, 5.74) is 7.94. The lowest BCUT2D eigenvalue weighted by Crippen LogP contribution is -1.97. The molecule has 5 heteroatoms. The summed E-state index contributed by atoms with van der Waals surface area (Å²) in [7, 11) is 0. The van der Waals surface area contributed by atoms with Crippen LogP contribution in [0.3, 0.4) is 0 Å². The quantitative estimate of drug-likeness (QED) is 0.753. The van der Waals surface area contributed by atoms with Gasteiger partial charge in [0.2, 0.25) is 0 Å². The molecule has 2 aromatic rings. The smallest absolute Gasteiger partial charge is 0.0807 e. The zero-order valence-corrected chi connectivity index (χ0v) is 11.8. The molecule has 0 spiro atoms. The van der Waals surface area contributed by atoms with Crippen LogP contribution in [0.15, 0.2) is 40.9 Å². The number of hydrogen-bond donors (Lipinski definition) is 2. The van der Waals surface area contributed by atoms with Crippen molar-refractivity contribution in [3.63, 3.8) is 0 Å². The van der Waals surface area contributed by atoms with Crippen molar-refractivity contribution < 1.29 is 0 Å². The summed E-state index contributed by atoms with van der Waals surface area (Å²) in [5, 5.41) is 4.37. The number of hydrogen-bond acceptors (Lipinski definition) is 2. The maximum Gasteiger partial charge on any atom is 0.0807 e. The molecule has 0 aliphatic heterocycles. The number of nitrogens with one attached hydrogen (secondary N) is 1. The maximum atomic E-state index is 6.08. The number of rotatable bonds is 2. The Hall–Kier alpha value is -0.900. The second-order valence-corrected chi connectivity index (χ2v) is 5.15. The fourth-order valence-electron chi connectivity index (χ4n) is 1.40. The Bertz CT molecular complexity index is 538. The summed E-state index contributed by atoms with van der Waals surface area (Å²) in [5.74, 6) is 0. The van der Waals surface area contributed by atoms with Gasteiger partial charge in [-0.2, -0.15) is 0 Å². The predicted molar refractivity (Wildman–Crippen MR) is 78.3 cm³/mol. The molecule has 0 radical (unpaired) electrons. The summed E-state index contributed by atoms with van der Waals surface area (Å²) in [4.78, 5) is 0. The van der Waals surface area contributed by atoms with Crippen molar-refractivity contribution in [2.45, 2.75) is 0 Å². The molecule has 0 aliphatic carbocycles. The van der Waals surface area contributed by atoms with E-state index in [0.717, 1.165) is 10.2 Å². The molecule has 2 rings (SSSR count). The Balaban J connectivity index is 2.41. The van der Waals surface area contributed by atoms with Gasteiger partial charge in [0.1, 0.15) is 0 Å². The van der Waals surface area contributed by atoms with Crippen LogP contribution >= 0.6 is 39.1 Å². The standard InChI is InChI=1S/C12H9BrCl2N2/c13-8-5-4-7(14)6-11(8)17-12-9(15)2-1-3-10(12)16/h1-6,17H,16H2. The highest BCUT2D eigenvalue weighted by molar-refractivity contribution is 9.10. The van der Waals surface area contributed by atoms with Crippen LogP contribution in [0.1, 0.15) is 0 Å². The molecule has 0 atom stereocenters. The molecule has 17 heavy (non-hydrogen) atoms. The molecule has 0 saturated carbocycles. The monoisotopic (exact) mass is 330 g/mol. The van der Waals surface area contributed by atoms with E-state index in [-0.39, 0.29) is 0 Å². The fourth-order valence-corrected chi connectivity index (χ4v) is 2.15. The topological polar surface area (TPSA) is 38.0 Å². The van der Waals surface area contributed by atoms with Crippen LogP contribution in [-0.4, -0.2) is 0 Å². The first-order chi connectivity index (χ1) is 8.08. The molecule has 0 bridgehead atoms. The van der Waals surface area contributed by atoms with Gasteiger partial charge in [0.05, 0.1) is 22.1 Å². The van der Waals surface area contributed by atoms with E-state index in [1.165, 1.54) is 0 Å². The first-order valence-corrected chi connectivity index (χ1v) is 6.39.